The van der Waals surface area contributed by atoms with Crippen LogP contribution in [0.1, 0.15) is 32.3 Å². The fourth-order valence-corrected chi connectivity index (χ4v) is 4.00. The van der Waals surface area contributed by atoms with Gasteiger partial charge in [0.25, 0.3) is 0 Å². The molecule has 2 rings (SSSR count). The van der Waals surface area contributed by atoms with Gasteiger partial charge in [-0.15, -0.1) is 0 Å². The lowest BCUT2D eigenvalue weighted by Gasteiger charge is -2.20. The van der Waals surface area contributed by atoms with E-state index in [1.54, 1.807) is 0 Å². The van der Waals surface area contributed by atoms with E-state index in [-0.39, 0.29) is 5.60 Å². The Balaban J connectivity index is 1.99. The van der Waals surface area contributed by atoms with Crippen molar-refractivity contribution in [2.24, 2.45) is 0 Å². The van der Waals surface area contributed by atoms with Crippen LogP contribution >= 0.6 is 31.9 Å². The summed E-state index contributed by atoms with van der Waals surface area (Å²) < 4.78 is 8.16. The van der Waals surface area contributed by atoms with Crippen LogP contribution in [-0.4, -0.2) is 18.2 Å². The van der Waals surface area contributed by atoms with Crippen molar-refractivity contribution in [1.29, 1.82) is 0 Å². The Kier molecular flexibility index (Phi) is 4.40. The maximum Gasteiger partial charge on any atom is 0.0755 e. The third kappa shape index (κ3) is 3.49. The van der Waals surface area contributed by atoms with Crippen LogP contribution in [0.4, 0.5) is 5.69 Å². The van der Waals surface area contributed by atoms with Gasteiger partial charge in [0.05, 0.1) is 17.4 Å². The van der Waals surface area contributed by atoms with E-state index in [2.05, 4.69) is 70.1 Å². The van der Waals surface area contributed by atoms with Gasteiger partial charge in [-0.1, -0.05) is 0 Å². The number of hydrogen-bond acceptors (Lipinski definition) is 2. The minimum Gasteiger partial charge on any atom is -0.381 e. The maximum absolute atomic E-state index is 5.98. The summed E-state index contributed by atoms with van der Waals surface area (Å²) in [6.07, 6.45) is 2.57. The summed E-state index contributed by atoms with van der Waals surface area (Å²) in [6, 6.07) is 4.24. The molecule has 0 bridgehead atoms. The lowest BCUT2D eigenvalue weighted by Crippen LogP contribution is -2.25. The summed E-state index contributed by atoms with van der Waals surface area (Å²) >= 11 is 7.19. The first-order chi connectivity index (χ1) is 8.37. The molecule has 1 atom stereocenters. The van der Waals surface area contributed by atoms with Gasteiger partial charge < -0.3 is 10.1 Å². The minimum atomic E-state index is 0.0358. The van der Waals surface area contributed by atoms with Gasteiger partial charge in [0.2, 0.25) is 0 Å². The summed E-state index contributed by atoms with van der Waals surface area (Å²) in [6.45, 7) is 7.25. The minimum absolute atomic E-state index is 0.0358. The molecule has 1 fully saturated rings. The first kappa shape index (κ1) is 14.4. The Bertz CT molecular complexity index is 422. The fraction of sp³-hybridized carbons (Fsp3) is 0.571. The van der Waals surface area contributed by atoms with Crippen LogP contribution in [0.5, 0.6) is 0 Å². The Labute approximate surface area is 126 Å². The molecule has 1 N–H and O–H groups in total. The molecule has 1 aliphatic rings. The van der Waals surface area contributed by atoms with E-state index < -0.39 is 0 Å². The number of hydrogen-bond donors (Lipinski definition) is 1. The van der Waals surface area contributed by atoms with Gasteiger partial charge in [-0.2, -0.15) is 0 Å². The molecule has 2 nitrogen and oxygen atoms in total. The Hall–Kier alpha value is -0.0600. The zero-order valence-corrected chi connectivity index (χ0v) is 14.2. The molecule has 4 heteroatoms. The molecule has 1 saturated heterocycles. The van der Waals surface area contributed by atoms with Gasteiger partial charge in [0.15, 0.2) is 0 Å². The quantitative estimate of drug-likeness (QED) is 0.810. The van der Waals surface area contributed by atoms with Crippen molar-refractivity contribution in [2.75, 3.05) is 11.9 Å². The van der Waals surface area contributed by atoms with E-state index in [9.17, 15) is 0 Å². The lowest BCUT2D eigenvalue weighted by molar-refractivity contribution is -0.00911. The van der Waals surface area contributed by atoms with Gasteiger partial charge in [0.1, 0.15) is 0 Å². The SMILES string of the molecule is Cc1cc(Br)c(NCC2CCC(C)(C)O2)c(Br)c1. The first-order valence-electron chi connectivity index (χ1n) is 6.25. The molecule has 18 heavy (non-hydrogen) atoms. The fourth-order valence-electron chi connectivity index (χ4n) is 2.31. The Morgan fingerprint density at radius 1 is 1.33 bits per heavy atom. The highest BCUT2D eigenvalue weighted by atomic mass is 79.9. The van der Waals surface area contributed by atoms with Gasteiger partial charge in [-0.25, -0.2) is 0 Å². The zero-order chi connectivity index (χ0) is 13.3. The Morgan fingerprint density at radius 2 is 1.94 bits per heavy atom. The monoisotopic (exact) mass is 375 g/mol. The van der Waals surface area contributed by atoms with Crippen LogP contribution in [-0.2, 0) is 4.74 Å². The number of ether oxygens (including phenoxy) is 1. The van der Waals surface area contributed by atoms with Gasteiger partial charge in [-0.05, 0) is 83.2 Å². The molecular weight excluding hydrogens is 358 g/mol. The summed E-state index contributed by atoms with van der Waals surface area (Å²) in [7, 11) is 0. The maximum atomic E-state index is 5.98. The summed E-state index contributed by atoms with van der Waals surface area (Å²) in [5, 5.41) is 3.47. The molecule has 100 valence electrons. The number of benzene rings is 1. The van der Waals surface area contributed by atoms with Crippen molar-refractivity contribution in [3.8, 4) is 0 Å². The molecule has 0 spiro atoms. The van der Waals surface area contributed by atoms with E-state index >= 15 is 0 Å². The van der Waals surface area contributed by atoms with Crippen LogP contribution in [0, 0.1) is 6.92 Å². The van der Waals surface area contributed by atoms with Gasteiger partial charge in [0, 0.05) is 15.5 Å². The average molecular weight is 377 g/mol. The first-order valence-corrected chi connectivity index (χ1v) is 7.83. The largest absolute Gasteiger partial charge is 0.381 e. The van der Waals surface area contributed by atoms with Crippen LogP contribution in [0.25, 0.3) is 0 Å². The average Bonchev–Trinajstić information content (AvgIpc) is 2.56. The number of halogens is 2. The molecule has 1 aromatic carbocycles. The second-order valence-corrected chi connectivity index (χ2v) is 7.23. The molecular formula is C14H19Br2NO. The summed E-state index contributed by atoms with van der Waals surface area (Å²) in [5.74, 6) is 0. The van der Waals surface area contributed by atoms with Gasteiger partial charge in [-0.3, -0.25) is 0 Å². The number of nitrogens with one attached hydrogen (secondary N) is 1. The molecule has 0 saturated carbocycles. The van der Waals surface area contributed by atoms with Crippen molar-refractivity contribution >= 4 is 37.5 Å². The second-order valence-electron chi connectivity index (χ2n) is 5.52. The number of rotatable bonds is 3. The van der Waals surface area contributed by atoms with Crippen molar-refractivity contribution in [1.82, 2.24) is 0 Å². The standard InChI is InChI=1S/C14H19Br2NO/c1-9-6-11(15)13(12(16)7-9)17-8-10-4-5-14(2,3)18-10/h6-7,10,17H,4-5,8H2,1-3H3. The van der Waals surface area contributed by atoms with Gasteiger partial charge >= 0.3 is 0 Å². The molecule has 0 aliphatic carbocycles. The third-order valence-electron chi connectivity index (χ3n) is 3.25. The summed E-state index contributed by atoms with van der Waals surface area (Å²) in [5.41, 5.74) is 2.38. The second kappa shape index (κ2) is 5.51. The highest BCUT2D eigenvalue weighted by molar-refractivity contribution is 9.11. The van der Waals surface area contributed by atoms with Crippen molar-refractivity contribution in [3.05, 3.63) is 26.6 Å². The van der Waals surface area contributed by atoms with E-state index in [1.807, 2.05) is 0 Å². The third-order valence-corrected chi connectivity index (χ3v) is 4.50. The molecule has 0 aromatic heterocycles. The number of aryl methyl sites for hydroxylation is 1. The topological polar surface area (TPSA) is 21.3 Å². The predicted molar refractivity (Wildman–Crippen MR) is 83.3 cm³/mol. The molecule has 0 radical (unpaired) electrons. The molecule has 1 aromatic rings. The van der Waals surface area contributed by atoms with E-state index in [4.69, 9.17) is 4.74 Å². The lowest BCUT2D eigenvalue weighted by atomic mass is 10.1. The molecule has 1 unspecified atom stereocenters. The van der Waals surface area contributed by atoms with Crippen molar-refractivity contribution < 1.29 is 4.74 Å². The molecule has 1 aliphatic heterocycles. The van der Waals surface area contributed by atoms with Crippen LogP contribution < -0.4 is 5.32 Å². The van der Waals surface area contributed by atoms with Crippen LogP contribution in [0.15, 0.2) is 21.1 Å². The summed E-state index contributed by atoms with van der Waals surface area (Å²) in [4.78, 5) is 0. The predicted octanol–water partition coefficient (Wildman–Crippen LogP) is 4.89. The smallest absolute Gasteiger partial charge is 0.0755 e. The highest BCUT2D eigenvalue weighted by Gasteiger charge is 2.31. The van der Waals surface area contributed by atoms with Crippen LogP contribution in [0.2, 0.25) is 0 Å². The van der Waals surface area contributed by atoms with Crippen molar-refractivity contribution in [3.63, 3.8) is 0 Å². The van der Waals surface area contributed by atoms with E-state index in [1.165, 1.54) is 5.56 Å². The van der Waals surface area contributed by atoms with E-state index in [0.29, 0.717) is 6.10 Å². The zero-order valence-electron chi connectivity index (χ0n) is 11.0. The normalized spacial score (nSPS) is 22.2. The molecule has 0 amide bonds. The Morgan fingerprint density at radius 3 is 2.44 bits per heavy atom. The van der Waals surface area contributed by atoms with Crippen molar-refractivity contribution in [2.45, 2.75) is 45.3 Å². The van der Waals surface area contributed by atoms with Crippen LogP contribution in [0.3, 0.4) is 0 Å². The molecule has 1 heterocycles. The highest BCUT2D eigenvalue weighted by Crippen LogP contribution is 2.34. The number of anilines is 1. The van der Waals surface area contributed by atoms with E-state index in [0.717, 1.165) is 34.0 Å².